The molecule has 1 aliphatic carbocycles. The Labute approximate surface area is 137 Å². The van der Waals surface area contributed by atoms with E-state index >= 15 is 0 Å². The summed E-state index contributed by atoms with van der Waals surface area (Å²) in [7, 11) is 1.68. The highest BCUT2D eigenvalue weighted by Crippen LogP contribution is 2.36. The highest BCUT2D eigenvalue weighted by Gasteiger charge is 2.28. The molecule has 0 saturated heterocycles. The Morgan fingerprint density at radius 3 is 2.74 bits per heavy atom. The van der Waals surface area contributed by atoms with Crippen molar-refractivity contribution >= 4 is 23.3 Å². The standard InChI is InChI=1S/C17H15ClF2N2O/c1-22(16-7-2-10-8-11(18)3-5-13(10)16)17(23)21-12-4-6-14(19)15(20)9-12/h3-6,8-9,16H,2,7H2,1H3,(H,21,23)/t16-/m0/s1. The van der Waals surface area contributed by atoms with Gasteiger partial charge in [0.25, 0.3) is 0 Å². The lowest BCUT2D eigenvalue weighted by atomic mass is 10.1. The minimum Gasteiger partial charge on any atom is -0.321 e. The van der Waals surface area contributed by atoms with Crippen molar-refractivity contribution in [1.82, 2.24) is 4.90 Å². The molecule has 23 heavy (non-hydrogen) atoms. The molecule has 0 fully saturated rings. The lowest BCUT2D eigenvalue weighted by molar-refractivity contribution is 0.204. The second-order valence-corrected chi connectivity index (χ2v) is 6.00. The van der Waals surface area contributed by atoms with E-state index in [1.54, 1.807) is 18.0 Å². The molecule has 0 heterocycles. The summed E-state index contributed by atoms with van der Waals surface area (Å²) in [6.45, 7) is 0. The predicted molar refractivity (Wildman–Crippen MR) is 85.7 cm³/mol. The SMILES string of the molecule is CN(C(=O)Nc1ccc(F)c(F)c1)[C@H]1CCc2cc(Cl)ccc21. The molecule has 0 radical (unpaired) electrons. The number of fused-ring (bicyclic) bond motifs is 1. The summed E-state index contributed by atoms with van der Waals surface area (Å²) < 4.78 is 26.1. The van der Waals surface area contributed by atoms with Gasteiger partial charge in [0, 0.05) is 23.8 Å². The van der Waals surface area contributed by atoms with Crippen molar-refractivity contribution in [3.05, 3.63) is 64.2 Å². The summed E-state index contributed by atoms with van der Waals surface area (Å²) in [6, 6.07) is 8.48. The van der Waals surface area contributed by atoms with Crippen molar-refractivity contribution < 1.29 is 13.6 Å². The van der Waals surface area contributed by atoms with Gasteiger partial charge < -0.3 is 10.2 Å². The number of aryl methyl sites for hydroxylation is 1. The molecule has 3 nitrogen and oxygen atoms in total. The summed E-state index contributed by atoms with van der Waals surface area (Å²) in [5.74, 6) is -1.94. The van der Waals surface area contributed by atoms with Crippen LogP contribution in [0, 0.1) is 11.6 Å². The minimum atomic E-state index is -0.994. The van der Waals surface area contributed by atoms with Crippen LogP contribution in [0.3, 0.4) is 0 Å². The molecular weight excluding hydrogens is 322 g/mol. The van der Waals surface area contributed by atoms with Crippen LogP contribution in [0.5, 0.6) is 0 Å². The molecule has 2 amide bonds. The molecular formula is C17H15ClF2N2O. The number of nitrogens with one attached hydrogen (secondary N) is 1. The van der Waals surface area contributed by atoms with E-state index in [1.165, 1.54) is 6.07 Å². The number of anilines is 1. The maximum atomic E-state index is 13.2. The second-order valence-electron chi connectivity index (χ2n) is 5.57. The average Bonchev–Trinajstić information content (AvgIpc) is 2.93. The third-order valence-electron chi connectivity index (χ3n) is 4.11. The number of amides is 2. The van der Waals surface area contributed by atoms with E-state index in [-0.39, 0.29) is 17.8 Å². The number of carbonyl (C=O) groups excluding carboxylic acids is 1. The first kappa shape index (κ1) is 15.7. The molecule has 0 aromatic heterocycles. The Balaban J connectivity index is 1.75. The van der Waals surface area contributed by atoms with Crippen LogP contribution >= 0.6 is 11.6 Å². The van der Waals surface area contributed by atoms with Crippen molar-refractivity contribution in [2.45, 2.75) is 18.9 Å². The Hall–Kier alpha value is -2.14. The number of benzene rings is 2. The molecule has 0 unspecified atom stereocenters. The molecule has 0 spiro atoms. The van der Waals surface area contributed by atoms with Crippen LogP contribution in [0.15, 0.2) is 36.4 Å². The molecule has 1 atom stereocenters. The van der Waals surface area contributed by atoms with Gasteiger partial charge in [0.2, 0.25) is 0 Å². The summed E-state index contributed by atoms with van der Waals surface area (Å²) >= 11 is 5.99. The maximum Gasteiger partial charge on any atom is 0.322 e. The summed E-state index contributed by atoms with van der Waals surface area (Å²) in [6.07, 6.45) is 1.65. The van der Waals surface area contributed by atoms with Crippen molar-refractivity contribution in [3.63, 3.8) is 0 Å². The van der Waals surface area contributed by atoms with Gasteiger partial charge in [-0.15, -0.1) is 0 Å². The van der Waals surface area contributed by atoms with Crippen LogP contribution in [-0.4, -0.2) is 18.0 Å². The number of halogens is 3. The first-order valence-electron chi connectivity index (χ1n) is 7.23. The van der Waals surface area contributed by atoms with Gasteiger partial charge in [-0.3, -0.25) is 0 Å². The van der Waals surface area contributed by atoms with Gasteiger partial charge in [0.1, 0.15) is 0 Å². The summed E-state index contributed by atoms with van der Waals surface area (Å²) in [4.78, 5) is 13.9. The number of urea groups is 1. The smallest absolute Gasteiger partial charge is 0.321 e. The zero-order valence-corrected chi connectivity index (χ0v) is 13.2. The lowest BCUT2D eigenvalue weighted by Gasteiger charge is -2.25. The van der Waals surface area contributed by atoms with Crippen LogP contribution in [-0.2, 0) is 6.42 Å². The van der Waals surface area contributed by atoms with Crippen molar-refractivity contribution in [3.8, 4) is 0 Å². The fraction of sp³-hybridized carbons (Fsp3) is 0.235. The van der Waals surface area contributed by atoms with Crippen LogP contribution in [0.25, 0.3) is 0 Å². The van der Waals surface area contributed by atoms with Crippen LogP contribution < -0.4 is 5.32 Å². The largest absolute Gasteiger partial charge is 0.322 e. The van der Waals surface area contributed by atoms with E-state index in [0.29, 0.717) is 5.02 Å². The topological polar surface area (TPSA) is 32.3 Å². The van der Waals surface area contributed by atoms with Gasteiger partial charge in [-0.25, -0.2) is 13.6 Å². The van der Waals surface area contributed by atoms with Crippen molar-refractivity contribution in [2.24, 2.45) is 0 Å². The van der Waals surface area contributed by atoms with E-state index in [0.717, 1.165) is 36.1 Å². The number of hydrogen-bond donors (Lipinski definition) is 1. The van der Waals surface area contributed by atoms with Crippen LogP contribution in [0.4, 0.5) is 19.3 Å². The van der Waals surface area contributed by atoms with E-state index in [4.69, 9.17) is 11.6 Å². The van der Waals surface area contributed by atoms with Crippen molar-refractivity contribution in [1.29, 1.82) is 0 Å². The normalized spacial score (nSPS) is 16.1. The van der Waals surface area contributed by atoms with Crippen molar-refractivity contribution in [2.75, 3.05) is 12.4 Å². The molecule has 2 aromatic rings. The van der Waals surface area contributed by atoms with Gasteiger partial charge in [0.15, 0.2) is 11.6 Å². The van der Waals surface area contributed by atoms with Gasteiger partial charge in [-0.05, 0) is 48.2 Å². The molecule has 1 aliphatic rings. The van der Waals surface area contributed by atoms with Crippen LogP contribution in [0.1, 0.15) is 23.6 Å². The van der Waals surface area contributed by atoms with E-state index < -0.39 is 11.6 Å². The highest BCUT2D eigenvalue weighted by molar-refractivity contribution is 6.30. The van der Waals surface area contributed by atoms with Gasteiger partial charge >= 0.3 is 6.03 Å². The third-order valence-corrected chi connectivity index (χ3v) is 4.34. The molecule has 120 valence electrons. The first-order valence-corrected chi connectivity index (χ1v) is 7.60. The van der Waals surface area contributed by atoms with Crippen LogP contribution in [0.2, 0.25) is 5.02 Å². The second kappa shape index (κ2) is 6.16. The molecule has 0 aliphatic heterocycles. The van der Waals surface area contributed by atoms with E-state index in [9.17, 15) is 13.6 Å². The predicted octanol–water partition coefficient (Wildman–Crippen LogP) is 4.77. The highest BCUT2D eigenvalue weighted by atomic mass is 35.5. The van der Waals surface area contributed by atoms with Gasteiger partial charge in [0.05, 0.1) is 6.04 Å². The Morgan fingerprint density at radius 2 is 2.00 bits per heavy atom. The summed E-state index contributed by atoms with van der Waals surface area (Å²) in [5.41, 5.74) is 2.42. The van der Waals surface area contributed by atoms with E-state index in [2.05, 4.69) is 5.32 Å². The van der Waals surface area contributed by atoms with Gasteiger partial charge in [-0.1, -0.05) is 17.7 Å². The molecule has 1 N–H and O–H groups in total. The molecule has 6 heteroatoms. The number of rotatable bonds is 2. The quantitative estimate of drug-likeness (QED) is 0.841. The Morgan fingerprint density at radius 1 is 1.22 bits per heavy atom. The third kappa shape index (κ3) is 3.15. The number of hydrogen-bond acceptors (Lipinski definition) is 1. The molecule has 3 rings (SSSR count). The molecule has 0 bridgehead atoms. The van der Waals surface area contributed by atoms with E-state index in [1.807, 2.05) is 12.1 Å². The zero-order valence-electron chi connectivity index (χ0n) is 12.4. The molecule has 2 aromatic carbocycles. The number of nitrogens with zero attached hydrogens (tertiary/aromatic N) is 1. The zero-order chi connectivity index (χ0) is 16.6. The number of carbonyl (C=O) groups is 1. The Bertz CT molecular complexity index is 766. The summed E-state index contributed by atoms with van der Waals surface area (Å²) in [5, 5.41) is 3.26. The lowest BCUT2D eigenvalue weighted by Crippen LogP contribution is -2.34. The van der Waals surface area contributed by atoms with Gasteiger partial charge in [-0.2, -0.15) is 0 Å². The average molecular weight is 337 g/mol. The Kier molecular flexibility index (Phi) is 4.22. The first-order chi connectivity index (χ1) is 11.0. The minimum absolute atomic E-state index is 0.0624. The maximum absolute atomic E-state index is 13.2. The monoisotopic (exact) mass is 336 g/mol. The fourth-order valence-electron chi connectivity index (χ4n) is 2.89. The fourth-order valence-corrected chi connectivity index (χ4v) is 3.09. The molecule has 0 saturated carbocycles.